The number of hydrogen-bond donors (Lipinski definition) is 2. The van der Waals surface area contributed by atoms with Gasteiger partial charge in [0.2, 0.25) is 5.91 Å². The second-order valence-corrected chi connectivity index (χ2v) is 11.6. The van der Waals surface area contributed by atoms with Crippen LogP contribution in [0.5, 0.6) is 0 Å². The SMILES string of the molecule is CC(C)C(NC(=O)Cn1ncc(N[C@@H]2C[C@H](C)C(C)(C)[C@H](C)[C@H]2C)c(Br)c1=O)c1ccncc1. The van der Waals surface area contributed by atoms with Gasteiger partial charge in [0.1, 0.15) is 11.0 Å². The highest BCUT2D eigenvalue weighted by Crippen LogP contribution is 2.48. The standard InChI is InChI=1S/C26H38BrN5O2/c1-15(2)24(19-8-10-28-11-9-19)31-22(33)14-32-25(34)23(27)21(13-29-32)30-20-12-16(3)26(6,7)18(5)17(20)4/h8-11,13,15-18,20,24,30H,12,14H2,1-7H3,(H,31,33)/t16-,17+,18+,20+,24?/m0/s1. The lowest BCUT2D eigenvalue weighted by Crippen LogP contribution is -2.48. The van der Waals surface area contributed by atoms with Gasteiger partial charge in [0.25, 0.3) is 5.56 Å². The predicted octanol–water partition coefficient (Wildman–Crippen LogP) is 5.03. The maximum Gasteiger partial charge on any atom is 0.283 e. The molecule has 2 N–H and O–H groups in total. The third-order valence-electron chi connectivity index (χ3n) is 8.14. The molecule has 5 atom stereocenters. The van der Waals surface area contributed by atoms with Crippen LogP contribution in [-0.4, -0.2) is 26.7 Å². The van der Waals surface area contributed by atoms with Crippen LogP contribution in [0.15, 0.2) is 40.0 Å². The molecule has 1 aliphatic carbocycles. The summed E-state index contributed by atoms with van der Waals surface area (Å²) in [5.74, 6) is 1.47. The first kappa shape index (κ1) is 26.4. The van der Waals surface area contributed by atoms with Crippen molar-refractivity contribution in [2.24, 2.45) is 29.1 Å². The van der Waals surface area contributed by atoms with Crippen LogP contribution >= 0.6 is 15.9 Å². The molecule has 3 rings (SSSR count). The number of carbonyl (C=O) groups is 1. The van der Waals surface area contributed by atoms with Gasteiger partial charge in [-0.2, -0.15) is 5.10 Å². The number of hydrogen-bond acceptors (Lipinski definition) is 5. The van der Waals surface area contributed by atoms with Crippen molar-refractivity contribution in [2.75, 3.05) is 5.32 Å². The second-order valence-electron chi connectivity index (χ2n) is 10.8. The van der Waals surface area contributed by atoms with Gasteiger partial charge in [-0.25, -0.2) is 4.68 Å². The highest BCUT2D eigenvalue weighted by atomic mass is 79.9. The highest BCUT2D eigenvalue weighted by molar-refractivity contribution is 9.10. The molecule has 0 spiro atoms. The molecule has 1 amide bonds. The Balaban J connectivity index is 1.72. The maximum atomic E-state index is 13.0. The highest BCUT2D eigenvalue weighted by Gasteiger charge is 2.43. The zero-order chi connectivity index (χ0) is 25.2. The first-order valence-corrected chi connectivity index (χ1v) is 12.9. The van der Waals surface area contributed by atoms with Crippen molar-refractivity contribution in [3.8, 4) is 0 Å². The number of nitrogens with zero attached hydrogens (tertiary/aromatic N) is 3. The van der Waals surface area contributed by atoms with E-state index in [1.54, 1.807) is 18.6 Å². The first-order valence-electron chi connectivity index (χ1n) is 12.1. The van der Waals surface area contributed by atoms with E-state index in [0.29, 0.717) is 27.9 Å². The largest absolute Gasteiger partial charge is 0.380 e. The summed E-state index contributed by atoms with van der Waals surface area (Å²) in [6, 6.07) is 3.86. The summed E-state index contributed by atoms with van der Waals surface area (Å²) in [6.07, 6.45) is 6.09. The molecule has 8 heteroatoms. The molecule has 0 aliphatic heterocycles. The molecule has 1 saturated carbocycles. The Bertz CT molecular complexity index is 1050. The van der Waals surface area contributed by atoms with Crippen LogP contribution in [0.25, 0.3) is 0 Å². The van der Waals surface area contributed by atoms with Gasteiger partial charge < -0.3 is 10.6 Å². The molecule has 2 heterocycles. The van der Waals surface area contributed by atoms with Gasteiger partial charge in [0.15, 0.2) is 0 Å². The summed E-state index contributed by atoms with van der Waals surface area (Å²) in [5.41, 5.74) is 1.60. The van der Waals surface area contributed by atoms with E-state index in [9.17, 15) is 9.59 Å². The van der Waals surface area contributed by atoms with E-state index in [0.717, 1.165) is 12.0 Å². The van der Waals surface area contributed by atoms with Crippen LogP contribution in [0.3, 0.4) is 0 Å². The molecule has 2 aromatic rings. The summed E-state index contributed by atoms with van der Waals surface area (Å²) in [6.45, 7) is 15.5. The number of halogens is 1. The Hall–Kier alpha value is -2.22. The number of carbonyl (C=O) groups excluding carboxylic acids is 1. The van der Waals surface area contributed by atoms with Crippen LogP contribution in [0.4, 0.5) is 5.69 Å². The summed E-state index contributed by atoms with van der Waals surface area (Å²) in [5, 5.41) is 10.9. The molecule has 2 aromatic heterocycles. The first-order chi connectivity index (χ1) is 15.9. The zero-order valence-corrected chi connectivity index (χ0v) is 22.9. The van der Waals surface area contributed by atoms with E-state index in [4.69, 9.17) is 0 Å². The quantitative estimate of drug-likeness (QED) is 0.522. The smallest absolute Gasteiger partial charge is 0.283 e. The molecular formula is C26H38BrN5O2. The molecule has 1 aliphatic rings. The van der Waals surface area contributed by atoms with Crippen LogP contribution in [0, 0.1) is 29.1 Å². The minimum absolute atomic E-state index is 0.145. The molecular weight excluding hydrogens is 494 g/mol. The van der Waals surface area contributed by atoms with Crippen LogP contribution in [0.2, 0.25) is 0 Å². The van der Waals surface area contributed by atoms with Gasteiger partial charge in [-0.15, -0.1) is 0 Å². The van der Waals surface area contributed by atoms with Crippen LogP contribution < -0.4 is 16.2 Å². The molecule has 0 saturated heterocycles. The van der Waals surface area contributed by atoms with Crippen molar-refractivity contribution in [2.45, 2.75) is 73.5 Å². The minimum Gasteiger partial charge on any atom is -0.380 e. The number of anilines is 1. The van der Waals surface area contributed by atoms with Gasteiger partial charge in [-0.3, -0.25) is 14.6 Å². The Morgan fingerprint density at radius 3 is 2.50 bits per heavy atom. The lowest BCUT2D eigenvalue weighted by Gasteiger charge is -2.50. The van der Waals surface area contributed by atoms with Crippen molar-refractivity contribution in [3.63, 3.8) is 0 Å². The molecule has 186 valence electrons. The van der Waals surface area contributed by atoms with Gasteiger partial charge in [0.05, 0.1) is 17.9 Å². The monoisotopic (exact) mass is 531 g/mol. The summed E-state index contributed by atoms with van der Waals surface area (Å²) in [4.78, 5) is 29.8. The van der Waals surface area contributed by atoms with Crippen molar-refractivity contribution in [1.29, 1.82) is 0 Å². The third kappa shape index (κ3) is 5.53. The normalized spacial score (nSPS) is 25.1. The van der Waals surface area contributed by atoms with E-state index in [1.807, 2.05) is 26.0 Å². The van der Waals surface area contributed by atoms with E-state index in [-0.39, 0.29) is 41.4 Å². The number of rotatable bonds is 7. The molecule has 7 nitrogen and oxygen atoms in total. The Morgan fingerprint density at radius 1 is 1.24 bits per heavy atom. The Morgan fingerprint density at radius 2 is 1.88 bits per heavy atom. The van der Waals surface area contributed by atoms with E-state index < -0.39 is 0 Å². The Kier molecular flexibility index (Phi) is 8.22. The fourth-order valence-corrected chi connectivity index (χ4v) is 5.42. The summed E-state index contributed by atoms with van der Waals surface area (Å²) >= 11 is 3.46. The number of nitrogens with one attached hydrogen (secondary N) is 2. The molecule has 1 unspecified atom stereocenters. The fourth-order valence-electron chi connectivity index (χ4n) is 5.00. The Labute approximate surface area is 211 Å². The van der Waals surface area contributed by atoms with Gasteiger partial charge in [0, 0.05) is 18.4 Å². The average Bonchev–Trinajstić information content (AvgIpc) is 2.80. The number of aromatic nitrogens is 3. The number of pyridine rings is 1. The maximum absolute atomic E-state index is 13.0. The average molecular weight is 533 g/mol. The molecule has 0 aromatic carbocycles. The zero-order valence-electron chi connectivity index (χ0n) is 21.3. The van der Waals surface area contributed by atoms with Crippen molar-refractivity contribution < 1.29 is 4.79 Å². The minimum atomic E-state index is -0.324. The van der Waals surface area contributed by atoms with E-state index in [1.165, 1.54) is 4.68 Å². The molecule has 0 radical (unpaired) electrons. The van der Waals surface area contributed by atoms with Gasteiger partial charge >= 0.3 is 0 Å². The molecule has 1 fully saturated rings. The van der Waals surface area contributed by atoms with Crippen molar-refractivity contribution in [3.05, 3.63) is 51.1 Å². The topological polar surface area (TPSA) is 88.9 Å². The predicted molar refractivity (Wildman–Crippen MR) is 139 cm³/mol. The molecule has 0 bridgehead atoms. The van der Waals surface area contributed by atoms with Crippen LogP contribution in [0.1, 0.15) is 66.5 Å². The summed E-state index contributed by atoms with van der Waals surface area (Å²) < 4.78 is 1.61. The van der Waals surface area contributed by atoms with Crippen LogP contribution in [-0.2, 0) is 11.3 Å². The van der Waals surface area contributed by atoms with Crippen molar-refractivity contribution >= 4 is 27.5 Å². The lowest BCUT2D eigenvalue weighted by molar-refractivity contribution is -0.123. The lowest BCUT2D eigenvalue weighted by atomic mass is 9.58. The van der Waals surface area contributed by atoms with E-state index in [2.05, 4.69) is 71.3 Å². The van der Waals surface area contributed by atoms with Gasteiger partial charge in [-0.1, -0.05) is 48.5 Å². The third-order valence-corrected chi connectivity index (χ3v) is 8.91. The van der Waals surface area contributed by atoms with Crippen molar-refractivity contribution in [1.82, 2.24) is 20.1 Å². The fraction of sp³-hybridized carbons (Fsp3) is 0.615. The van der Waals surface area contributed by atoms with E-state index >= 15 is 0 Å². The second kappa shape index (κ2) is 10.6. The molecule has 34 heavy (non-hydrogen) atoms. The summed E-state index contributed by atoms with van der Waals surface area (Å²) in [7, 11) is 0. The van der Waals surface area contributed by atoms with Gasteiger partial charge in [-0.05, 0) is 69.1 Å². The number of amides is 1.